The molecule has 0 radical (unpaired) electrons. The highest BCUT2D eigenvalue weighted by Gasteiger charge is 2.42. The van der Waals surface area contributed by atoms with Gasteiger partial charge in [-0.15, -0.1) is 0 Å². The van der Waals surface area contributed by atoms with Gasteiger partial charge in [-0.2, -0.15) is 5.10 Å². The molecule has 1 saturated heterocycles. The summed E-state index contributed by atoms with van der Waals surface area (Å²) in [6.45, 7) is 4.64. The molecule has 1 spiro atoms. The van der Waals surface area contributed by atoms with Crippen molar-refractivity contribution in [2.45, 2.75) is 89.8 Å². The Morgan fingerprint density at radius 1 is 1.19 bits per heavy atom. The summed E-state index contributed by atoms with van der Waals surface area (Å²) in [5, 5.41) is 7.42. The molecule has 1 N–H and O–H groups in total. The lowest BCUT2D eigenvalue weighted by molar-refractivity contribution is -0.141. The van der Waals surface area contributed by atoms with Gasteiger partial charge in [-0.25, -0.2) is 0 Å². The molecule has 1 aromatic heterocycles. The van der Waals surface area contributed by atoms with Crippen molar-refractivity contribution in [1.29, 1.82) is 0 Å². The summed E-state index contributed by atoms with van der Waals surface area (Å²) in [4.78, 5) is 27.3. The second-order valence-electron chi connectivity index (χ2n) is 9.73. The molecule has 0 bridgehead atoms. The molecule has 2 amide bonds. The number of ether oxygens (including phenoxy) is 1. The highest BCUT2D eigenvalue weighted by atomic mass is 16.5. The van der Waals surface area contributed by atoms with Crippen LogP contribution in [0.5, 0.6) is 0 Å². The number of amides is 2. The van der Waals surface area contributed by atoms with E-state index >= 15 is 0 Å². The predicted molar refractivity (Wildman–Crippen MR) is 119 cm³/mol. The van der Waals surface area contributed by atoms with Crippen LogP contribution in [0.3, 0.4) is 0 Å². The summed E-state index contributed by atoms with van der Waals surface area (Å²) in [6.07, 6.45) is 11.7. The van der Waals surface area contributed by atoms with Gasteiger partial charge in [0.15, 0.2) is 5.69 Å². The Bertz CT molecular complexity index is 789. The average molecular weight is 431 g/mol. The fourth-order valence-electron chi connectivity index (χ4n) is 5.51. The minimum Gasteiger partial charge on any atom is -0.370 e. The molecule has 3 heterocycles. The van der Waals surface area contributed by atoms with Crippen LogP contribution in [0.15, 0.2) is 0 Å². The number of nitrogens with zero attached hydrogens (tertiary/aromatic N) is 3. The van der Waals surface area contributed by atoms with Crippen molar-refractivity contribution in [3.8, 4) is 0 Å². The van der Waals surface area contributed by atoms with Gasteiger partial charge in [0, 0.05) is 50.8 Å². The van der Waals surface area contributed by atoms with Gasteiger partial charge in [0.05, 0.1) is 12.2 Å². The SMILES string of the molecule is CCCNC(=O)c1nn(C)c2c1COC1(CCN(C(=O)CCC3CCCCC3)CC1)C2. The summed E-state index contributed by atoms with van der Waals surface area (Å²) in [7, 11) is 1.92. The predicted octanol–water partition coefficient (Wildman–Crippen LogP) is 3.35. The van der Waals surface area contributed by atoms with Crippen LogP contribution in [0.4, 0.5) is 0 Å². The Hall–Kier alpha value is -1.89. The molecule has 7 nitrogen and oxygen atoms in total. The number of piperidine rings is 1. The van der Waals surface area contributed by atoms with Crippen molar-refractivity contribution in [3.63, 3.8) is 0 Å². The molecule has 4 rings (SSSR count). The number of fused-ring (bicyclic) bond motifs is 1. The second kappa shape index (κ2) is 9.72. The zero-order valence-electron chi connectivity index (χ0n) is 19.3. The molecule has 31 heavy (non-hydrogen) atoms. The lowest BCUT2D eigenvalue weighted by Gasteiger charge is -2.44. The number of carbonyl (C=O) groups is 2. The van der Waals surface area contributed by atoms with Crippen LogP contribution in [0.2, 0.25) is 0 Å². The van der Waals surface area contributed by atoms with Crippen molar-refractivity contribution in [2.75, 3.05) is 19.6 Å². The lowest BCUT2D eigenvalue weighted by Crippen LogP contribution is -2.50. The van der Waals surface area contributed by atoms with E-state index in [0.717, 1.165) is 62.4 Å². The van der Waals surface area contributed by atoms with Gasteiger partial charge in [0.2, 0.25) is 5.91 Å². The maximum atomic E-state index is 12.8. The highest BCUT2D eigenvalue weighted by Crippen LogP contribution is 2.37. The van der Waals surface area contributed by atoms with Crippen molar-refractivity contribution >= 4 is 11.8 Å². The number of aromatic nitrogens is 2. The van der Waals surface area contributed by atoms with Gasteiger partial charge < -0.3 is 15.0 Å². The molecule has 2 aliphatic heterocycles. The molecule has 1 aliphatic carbocycles. The lowest BCUT2D eigenvalue weighted by atomic mass is 9.83. The third-order valence-corrected chi connectivity index (χ3v) is 7.56. The van der Waals surface area contributed by atoms with E-state index in [-0.39, 0.29) is 11.5 Å². The molecule has 7 heteroatoms. The van der Waals surface area contributed by atoms with Gasteiger partial charge in [-0.3, -0.25) is 14.3 Å². The fourth-order valence-corrected chi connectivity index (χ4v) is 5.51. The largest absolute Gasteiger partial charge is 0.370 e. The molecule has 1 aromatic rings. The monoisotopic (exact) mass is 430 g/mol. The number of nitrogens with one attached hydrogen (secondary N) is 1. The third kappa shape index (κ3) is 4.97. The van der Waals surface area contributed by atoms with Crippen LogP contribution in [0.25, 0.3) is 0 Å². The number of hydrogen-bond acceptors (Lipinski definition) is 4. The summed E-state index contributed by atoms with van der Waals surface area (Å²) >= 11 is 0. The normalized spacial score (nSPS) is 21.2. The van der Waals surface area contributed by atoms with Gasteiger partial charge in [0.1, 0.15) is 0 Å². The maximum absolute atomic E-state index is 12.8. The molecule has 0 atom stereocenters. The minimum atomic E-state index is -0.238. The number of aryl methyl sites for hydroxylation is 1. The first-order chi connectivity index (χ1) is 15.0. The minimum absolute atomic E-state index is 0.114. The highest BCUT2D eigenvalue weighted by molar-refractivity contribution is 5.94. The first-order valence-electron chi connectivity index (χ1n) is 12.3. The molecule has 0 unspecified atom stereocenters. The van der Waals surface area contributed by atoms with Crippen LogP contribution < -0.4 is 5.32 Å². The van der Waals surface area contributed by atoms with E-state index < -0.39 is 0 Å². The first-order valence-corrected chi connectivity index (χ1v) is 12.3. The van der Waals surface area contributed by atoms with Crippen molar-refractivity contribution in [1.82, 2.24) is 20.0 Å². The number of hydrogen-bond donors (Lipinski definition) is 1. The summed E-state index contributed by atoms with van der Waals surface area (Å²) < 4.78 is 8.20. The Morgan fingerprint density at radius 2 is 1.94 bits per heavy atom. The molecule has 172 valence electrons. The Labute approximate surface area is 185 Å². The molecular formula is C24H38N4O3. The summed E-state index contributed by atoms with van der Waals surface area (Å²) in [5.41, 5.74) is 2.28. The standard InChI is InChI=1S/C24H38N4O3/c1-3-13-25-23(30)22-19-17-31-24(16-20(19)27(2)26-22)11-14-28(15-12-24)21(29)10-9-18-7-5-4-6-8-18/h18H,3-17H2,1-2H3,(H,25,30). The maximum Gasteiger partial charge on any atom is 0.272 e. The average Bonchev–Trinajstić information content (AvgIpc) is 3.12. The van der Waals surface area contributed by atoms with E-state index in [4.69, 9.17) is 4.74 Å². The van der Waals surface area contributed by atoms with Gasteiger partial charge in [-0.1, -0.05) is 39.0 Å². The number of likely N-dealkylation sites (tertiary alicyclic amines) is 1. The zero-order chi connectivity index (χ0) is 21.8. The second-order valence-corrected chi connectivity index (χ2v) is 9.73. The van der Waals surface area contributed by atoms with E-state index in [1.54, 1.807) is 0 Å². The summed E-state index contributed by atoms with van der Waals surface area (Å²) in [6, 6.07) is 0. The molecule has 0 aromatic carbocycles. The molecule has 3 aliphatic rings. The van der Waals surface area contributed by atoms with E-state index in [1.807, 2.05) is 23.6 Å². The first kappa shape index (κ1) is 22.3. The number of carbonyl (C=O) groups excluding carboxylic acids is 2. The zero-order valence-corrected chi connectivity index (χ0v) is 19.3. The molecular weight excluding hydrogens is 392 g/mol. The van der Waals surface area contributed by atoms with Crippen LogP contribution >= 0.6 is 0 Å². The molecule has 1 saturated carbocycles. The summed E-state index contributed by atoms with van der Waals surface area (Å²) in [5.74, 6) is 0.950. The van der Waals surface area contributed by atoms with Crippen molar-refractivity contribution < 1.29 is 14.3 Å². The van der Waals surface area contributed by atoms with Crippen LogP contribution in [-0.4, -0.2) is 51.7 Å². The topological polar surface area (TPSA) is 76.5 Å². The van der Waals surface area contributed by atoms with Gasteiger partial charge in [0.25, 0.3) is 5.91 Å². The Balaban J connectivity index is 1.32. The van der Waals surface area contributed by atoms with E-state index in [0.29, 0.717) is 31.2 Å². The Kier molecular flexibility index (Phi) is 6.99. The van der Waals surface area contributed by atoms with Crippen LogP contribution in [-0.2, 0) is 29.6 Å². The van der Waals surface area contributed by atoms with Crippen molar-refractivity contribution in [2.24, 2.45) is 13.0 Å². The Morgan fingerprint density at radius 3 is 2.65 bits per heavy atom. The quantitative estimate of drug-likeness (QED) is 0.751. The van der Waals surface area contributed by atoms with Gasteiger partial charge >= 0.3 is 0 Å². The van der Waals surface area contributed by atoms with Crippen molar-refractivity contribution in [3.05, 3.63) is 17.0 Å². The van der Waals surface area contributed by atoms with E-state index in [2.05, 4.69) is 10.4 Å². The van der Waals surface area contributed by atoms with E-state index in [1.165, 1.54) is 32.1 Å². The van der Waals surface area contributed by atoms with Gasteiger partial charge in [-0.05, 0) is 31.6 Å². The third-order valence-electron chi connectivity index (χ3n) is 7.56. The smallest absolute Gasteiger partial charge is 0.272 e. The fraction of sp³-hybridized carbons (Fsp3) is 0.792. The molecule has 2 fully saturated rings. The van der Waals surface area contributed by atoms with Crippen LogP contribution in [0, 0.1) is 5.92 Å². The van der Waals surface area contributed by atoms with E-state index in [9.17, 15) is 9.59 Å². The number of rotatable bonds is 6. The van der Waals surface area contributed by atoms with Crippen LogP contribution in [0.1, 0.15) is 92.9 Å².